The summed E-state index contributed by atoms with van der Waals surface area (Å²) in [5, 5.41) is 8.66. The Hall–Kier alpha value is -1.65. The quantitative estimate of drug-likeness (QED) is 0.570. The van der Waals surface area contributed by atoms with Gasteiger partial charge in [-0.2, -0.15) is 4.90 Å². The van der Waals surface area contributed by atoms with Gasteiger partial charge in [0.05, 0.1) is 0 Å². The topological polar surface area (TPSA) is 74.7 Å². The van der Waals surface area contributed by atoms with Crippen molar-refractivity contribution in [2.45, 2.75) is 45.4 Å². The third kappa shape index (κ3) is 3.41. The first kappa shape index (κ1) is 13.4. The summed E-state index contributed by atoms with van der Waals surface area (Å²) in [6.07, 6.45) is 5.35. The van der Waals surface area contributed by atoms with Gasteiger partial charge in [-0.3, -0.25) is 9.59 Å². The van der Waals surface area contributed by atoms with Crippen LogP contribution in [0.5, 0.6) is 0 Å². The Labute approximate surface area is 100 Å². The van der Waals surface area contributed by atoms with Crippen molar-refractivity contribution in [2.75, 3.05) is 0 Å². The highest BCUT2D eigenvalue weighted by Gasteiger charge is 2.35. The first-order valence-corrected chi connectivity index (χ1v) is 5.89. The monoisotopic (exact) mass is 239 g/mol. The minimum atomic E-state index is -1.50. The van der Waals surface area contributed by atoms with Crippen LogP contribution in [-0.4, -0.2) is 27.9 Å². The molecule has 3 amide bonds. The van der Waals surface area contributed by atoms with Crippen LogP contribution < -0.4 is 0 Å². The molecule has 0 bridgehead atoms. The summed E-state index contributed by atoms with van der Waals surface area (Å²) < 4.78 is 0. The molecule has 0 radical (unpaired) electrons. The molecule has 0 unspecified atom stereocenters. The number of nitrogens with zero attached hydrogens (tertiary/aromatic N) is 1. The van der Waals surface area contributed by atoms with Crippen molar-refractivity contribution in [2.24, 2.45) is 0 Å². The van der Waals surface area contributed by atoms with Crippen molar-refractivity contribution in [1.29, 1.82) is 0 Å². The molecule has 0 atom stereocenters. The number of amides is 3. The summed E-state index contributed by atoms with van der Waals surface area (Å²) >= 11 is 0. The Bertz CT molecular complexity index is 360. The smallest absolute Gasteiger partial charge is 0.421 e. The van der Waals surface area contributed by atoms with Gasteiger partial charge in [-0.15, -0.1) is 0 Å². The van der Waals surface area contributed by atoms with Crippen LogP contribution in [0.25, 0.3) is 0 Å². The zero-order valence-corrected chi connectivity index (χ0v) is 9.94. The third-order valence-corrected chi connectivity index (χ3v) is 2.74. The lowest BCUT2D eigenvalue weighted by Crippen LogP contribution is -2.35. The van der Waals surface area contributed by atoms with E-state index in [0.717, 1.165) is 38.2 Å². The van der Waals surface area contributed by atoms with Gasteiger partial charge in [-0.25, -0.2) is 4.79 Å². The molecule has 0 spiro atoms. The van der Waals surface area contributed by atoms with E-state index in [9.17, 15) is 14.4 Å². The number of carbonyl (C=O) groups excluding carboxylic acids is 2. The summed E-state index contributed by atoms with van der Waals surface area (Å²) in [5.41, 5.74) is 0.314. The summed E-state index contributed by atoms with van der Waals surface area (Å²) in [4.78, 5) is 33.7. The molecule has 0 aliphatic carbocycles. The highest BCUT2D eigenvalue weighted by atomic mass is 16.4. The van der Waals surface area contributed by atoms with Crippen LogP contribution in [-0.2, 0) is 9.59 Å². The van der Waals surface area contributed by atoms with Crippen LogP contribution in [0, 0.1) is 0 Å². The van der Waals surface area contributed by atoms with Crippen LogP contribution in [0.1, 0.15) is 45.4 Å². The van der Waals surface area contributed by atoms with Crippen molar-refractivity contribution in [3.05, 3.63) is 11.6 Å². The molecule has 0 aromatic heterocycles. The minimum Gasteiger partial charge on any atom is -0.464 e. The van der Waals surface area contributed by atoms with E-state index in [2.05, 4.69) is 6.92 Å². The number of unbranched alkanes of at least 4 members (excludes halogenated alkanes) is 4. The van der Waals surface area contributed by atoms with Crippen molar-refractivity contribution in [1.82, 2.24) is 4.90 Å². The standard InChI is InChI=1S/C12H17NO4/c1-2-3-4-5-6-7-9-8-10(14)13(11(9)15)12(16)17/h8H,2-7H2,1H3,(H,16,17). The van der Waals surface area contributed by atoms with E-state index in [1.54, 1.807) is 0 Å². The van der Waals surface area contributed by atoms with Gasteiger partial charge < -0.3 is 5.11 Å². The number of hydrogen-bond acceptors (Lipinski definition) is 3. The van der Waals surface area contributed by atoms with Crippen LogP contribution >= 0.6 is 0 Å². The predicted octanol–water partition coefficient (Wildman–Crippen LogP) is 2.32. The zero-order chi connectivity index (χ0) is 12.8. The predicted molar refractivity (Wildman–Crippen MR) is 61.3 cm³/mol. The first-order valence-electron chi connectivity index (χ1n) is 5.89. The molecule has 5 heteroatoms. The molecule has 1 heterocycles. The molecular weight excluding hydrogens is 222 g/mol. The Morgan fingerprint density at radius 1 is 1.24 bits per heavy atom. The van der Waals surface area contributed by atoms with Crippen LogP contribution in [0.15, 0.2) is 11.6 Å². The molecule has 1 N–H and O–H groups in total. The normalized spacial score (nSPS) is 15.4. The number of imide groups is 3. The molecule has 94 valence electrons. The maximum Gasteiger partial charge on any atom is 0.421 e. The summed E-state index contributed by atoms with van der Waals surface area (Å²) in [7, 11) is 0. The fourth-order valence-electron chi connectivity index (χ4n) is 1.80. The summed E-state index contributed by atoms with van der Waals surface area (Å²) in [6, 6.07) is 0. The van der Waals surface area contributed by atoms with Gasteiger partial charge in [-0.1, -0.05) is 32.6 Å². The van der Waals surface area contributed by atoms with Gasteiger partial charge in [0.2, 0.25) is 0 Å². The lowest BCUT2D eigenvalue weighted by atomic mass is 10.1. The number of carboxylic acid groups (broad SMARTS) is 1. The molecule has 0 fully saturated rings. The highest BCUT2D eigenvalue weighted by molar-refractivity contribution is 6.23. The summed E-state index contributed by atoms with van der Waals surface area (Å²) in [6.45, 7) is 2.12. The summed E-state index contributed by atoms with van der Waals surface area (Å²) in [5.74, 6) is -1.43. The van der Waals surface area contributed by atoms with E-state index in [1.165, 1.54) is 0 Å². The van der Waals surface area contributed by atoms with E-state index in [-0.39, 0.29) is 4.90 Å². The second kappa shape index (κ2) is 6.18. The number of hydrogen-bond donors (Lipinski definition) is 1. The Kier molecular flexibility index (Phi) is 4.87. The average molecular weight is 239 g/mol. The molecule has 5 nitrogen and oxygen atoms in total. The van der Waals surface area contributed by atoms with Gasteiger partial charge in [0, 0.05) is 11.6 Å². The van der Waals surface area contributed by atoms with E-state index in [1.807, 2.05) is 0 Å². The fraction of sp³-hybridized carbons (Fsp3) is 0.583. The van der Waals surface area contributed by atoms with Crippen molar-refractivity contribution in [3.8, 4) is 0 Å². The van der Waals surface area contributed by atoms with Crippen LogP contribution in [0.3, 0.4) is 0 Å². The fourth-order valence-corrected chi connectivity index (χ4v) is 1.80. The van der Waals surface area contributed by atoms with E-state index < -0.39 is 17.9 Å². The molecule has 1 rings (SSSR count). The largest absolute Gasteiger partial charge is 0.464 e. The van der Waals surface area contributed by atoms with Crippen molar-refractivity contribution < 1.29 is 19.5 Å². The second-order valence-electron chi connectivity index (χ2n) is 4.10. The number of carbonyl (C=O) groups is 3. The molecule has 0 saturated heterocycles. The van der Waals surface area contributed by atoms with Gasteiger partial charge in [0.25, 0.3) is 11.8 Å². The van der Waals surface area contributed by atoms with E-state index >= 15 is 0 Å². The highest BCUT2D eigenvalue weighted by Crippen LogP contribution is 2.19. The lowest BCUT2D eigenvalue weighted by molar-refractivity contribution is -0.134. The minimum absolute atomic E-state index is 0.265. The van der Waals surface area contributed by atoms with Gasteiger partial charge in [-0.05, 0) is 12.8 Å². The zero-order valence-electron chi connectivity index (χ0n) is 9.94. The lowest BCUT2D eigenvalue weighted by Gasteiger charge is -2.07. The maximum absolute atomic E-state index is 11.5. The average Bonchev–Trinajstić information content (AvgIpc) is 2.53. The first-order chi connectivity index (χ1) is 8.07. The van der Waals surface area contributed by atoms with E-state index in [0.29, 0.717) is 12.0 Å². The van der Waals surface area contributed by atoms with Crippen molar-refractivity contribution >= 4 is 17.9 Å². The molecule has 0 saturated carbocycles. The Morgan fingerprint density at radius 2 is 1.88 bits per heavy atom. The Balaban J connectivity index is 2.40. The van der Waals surface area contributed by atoms with Gasteiger partial charge in [0.1, 0.15) is 0 Å². The van der Waals surface area contributed by atoms with Crippen LogP contribution in [0.4, 0.5) is 4.79 Å². The maximum atomic E-state index is 11.5. The molecule has 0 aromatic rings. The van der Waals surface area contributed by atoms with Crippen molar-refractivity contribution in [3.63, 3.8) is 0 Å². The van der Waals surface area contributed by atoms with Gasteiger partial charge >= 0.3 is 6.09 Å². The molecule has 1 aliphatic rings. The van der Waals surface area contributed by atoms with Gasteiger partial charge in [0.15, 0.2) is 0 Å². The number of rotatable bonds is 6. The molecule has 0 aromatic carbocycles. The van der Waals surface area contributed by atoms with Crippen LogP contribution in [0.2, 0.25) is 0 Å². The molecule has 17 heavy (non-hydrogen) atoms. The second-order valence-corrected chi connectivity index (χ2v) is 4.10. The Morgan fingerprint density at radius 3 is 2.41 bits per heavy atom. The van der Waals surface area contributed by atoms with E-state index in [4.69, 9.17) is 5.11 Å². The SMILES string of the molecule is CCCCCCCC1=CC(=O)N(C(=O)O)C1=O. The molecular formula is C12H17NO4. The third-order valence-electron chi connectivity index (χ3n) is 2.74. The molecule has 1 aliphatic heterocycles.